The minimum Gasteiger partial charge on any atom is -0.377 e. The number of likely N-dealkylation sites (N-methyl/N-ethyl adjacent to an activating group) is 1. The molecule has 118 valence electrons. The number of nitrogens with one attached hydrogen (secondary N) is 1. The summed E-state index contributed by atoms with van der Waals surface area (Å²) >= 11 is 0. The predicted octanol–water partition coefficient (Wildman–Crippen LogP) is 0.945. The van der Waals surface area contributed by atoms with Crippen molar-refractivity contribution in [3.05, 3.63) is 0 Å². The number of rotatable bonds is 9. The first kappa shape index (κ1) is 17.4. The summed E-state index contributed by atoms with van der Waals surface area (Å²) < 4.78 is 5.93. The quantitative estimate of drug-likeness (QED) is 0.685. The lowest BCUT2D eigenvalue weighted by Gasteiger charge is -2.32. The number of hydrogen-bond acceptors (Lipinski definition) is 4. The summed E-state index contributed by atoms with van der Waals surface area (Å²) in [5.41, 5.74) is 0. The van der Waals surface area contributed by atoms with Crippen molar-refractivity contribution >= 4 is 5.91 Å². The molecule has 1 aliphatic rings. The van der Waals surface area contributed by atoms with Crippen LogP contribution in [0.3, 0.4) is 0 Å². The van der Waals surface area contributed by atoms with Gasteiger partial charge in [-0.25, -0.2) is 0 Å². The number of carbonyl (C=O) groups is 1. The maximum atomic E-state index is 11.9. The lowest BCUT2D eigenvalue weighted by atomic mass is 10.1. The van der Waals surface area contributed by atoms with Crippen molar-refractivity contribution in [3.8, 4) is 0 Å². The van der Waals surface area contributed by atoms with E-state index in [2.05, 4.69) is 24.1 Å². The van der Waals surface area contributed by atoms with E-state index in [1.54, 1.807) is 0 Å². The highest BCUT2D eigenvalue weighted by molar-refractivity contribution is 5.76. The standard InChI is InChI=1S/C15H31N3O2/c1-4-17(5-2)12-13-20-14-7-10-18(11-8-14)15(19)6-9-16-3/h14,16H,4-13H2,1-3H3. The zero-order chi connectivity index (χ0) is 14.8. The molecule has 0 aromatic carbocycles. The van der Waals surface area contributed by atoms with Gasteiger partial charge in [0, 0.05) is 32.6 Å². The number of hydrogen-bond donors (Lipinski definition) is 1. The van der Waals surface area contributed by atoms with Gasteiger partial charge in [-0.15, -0.1) is 0 Å². The summed E-state index contributed by atoms with van der Waals surface area (Å²) in [5, 5.41) is 3.02. The second-order valence-corrected chi connectivity index (χ2v) is 5.33. The monoisotopic (exact) mass is 285 g/mol. The molecule has 1 aliphatic heterocycles. The number of ether oxygens (including phenoxy) is 1. The number of likely N-dealkylation sites (tertiary alicyclic amines) is 1. The van der Waals surface area contributed by atoms with Gasteiger partial charge in [-0.1, -0.05) is 13.8 Å². The molecule has 0 aliphatic carbocycles. The van der Waals surface area contributed by atoms with Gasteiger partial charge in [0.15, 0.2) is 0 Å². The molecule has 0 spiro atoms. The van der Waals surface area contributed by atoms with Crippen LogP contribution < -0.4 is 5.32 Å². The molecule has 5 heteroatoms. The van der Waals surface area contributed by atoms with Crippen molar-refractivity contribution in [1.29, 1.82) is 0 Å². The Kier molecular flexibility index (Phi) is 8.82. The number of carbonyl (C=O) groups excluding carboxylic acids is 1. The molecule has 0 radical (unpaired) electrons. The molecule has 1 fully saturated rings. The van der Waals surface area contributed by atoms with Crippen LogP contribution in [0.1, 0.15) is 33.1 Å². The Morgan fingerprint density at radius 2 is 1.95 bits per heavy atom. The van der Waals surface area contributed by atoms with Gasteiger partial charge in [0.1, 0.15) is 0 Å². The Bertz CT molecular complexity index is 262. The van der Waals surface area contributed by atoms with Crippen molar-refractivity contribution in [2.75, 3.05) is 52.9 Å². The Labute approximate surface area is 123 Å². The Balaban J connectivity index is 2.14. The van der Waals surface area contributed by atoms with Crippen LogP contribution in [0, 0.1) is 0 Å². The number of amides is 1. The molecule has 0 aromatic heterocycles. The van der Waals surface area contributed by atoms with Gasteiger partial charge in [0.2, 0.25) is 5.91 Å². The van der Waals surface area contributed by atoms with Gasteiger partial charge in [0.05, 0.1) is 12.7 Å². The van der Waals surface area contributed by atoms with E-state index in [0.29, 0.717) is 12.5 Å². The van der Waals surface area contributed by atoms with Crippen molar-refractivity contribution in [1.82, 2.24) is 15.1 Å². The summed E-state index contributed by atoms with van der Waals surface area (Å²) in [6.45, 7) is 10.8. The molecule has 1 amide bonds. The topological polar surface area (TPSA) is 44.8 Å². The van der Waals surface area contributed by atoms with E-state index in [1.165, 1.54) is 0 Å². The van der Waals surface area contributed by atoms with E-state index in [-0.39, 0.29) is 5.91 Å². The molecule has 1 heterocycles. The van der Waals surface area contributed by atoms with Crippen LogP contribution >= 0.6 is 0 Å². The molecule has 1 rings (SSSR count). The summed E-state index contributed by atoms with van der Waals surface area (Å²) in [7, 11) is 1.88. The Morgan fingerprint density at radius 3 is 2.50 bits per heavy atom. The molecule has 20 heavy (non-hydrogen) atoms. The van der Waals surface area contributed by atoms with E-state index >= 15 is 0 Å². The minimum atomic E-state index is 0.265. The molecular formula is C15H31N3O2. The second-order valence-electron chi connectivity index (χ2n) is 5.33. The predicted molar refractivity (Wildman–Crippen MR) is 81.9 cm³/mol. The van der Waals surface area contributed by atoms with Gasteiger partial charge < -0.3 is 19.9 Å². The zero-order valence-corrected chi connectivity index (χ0v) is 13.4. The summed E-state index contributed by atoms with van der Waals surface area (Å²) in [6.07, 6.45) is 2.88. The average Bonchev–Trinajstić information content (AvgIpc) is 2.50. The number of piperidine rings is 1. The van der Waals surface area contributed by atoms with Crippen LogP contribution in [0.15, 0.2) is 0 Å². The fourth-order valence-electron chi connectivity index (χ4n) is 2.55. The van der Waals surface area contributed by atoms with Crippen LogP contribution in [0.2, 0.25) is 0 Å². The SMILES string of the molecule is CCN(CC)CCOC1CCN(C(=O)CCNC)CC1. The number of nitrogens with zero attached hydrogens (tertiary/aromatic N) is 2. The fourth-order valence-corrected chi connectivity index (χ4v) is 2.55. The highest BCUT2D eigenvalue weighted by atomic mass is 16.5. The van der Waals surface area contributed by atoms with Gasteiger partial charge in [-0.05, 0) is 33.0 Å². The summed E-state index contributed by atoms with van der Waals surface area (Å²) in [5.74, 6) is 0.265. The smallest absolute Gasteiger partial charge is 0.223 e. The molecule has 1 N–H and O–H groups in total. The highest BCUT2D eigenvalue weighted by Gasteiger charge is 2.22. The normalized spacial score (nSPS) is 16.9. The van der Waals surface area contributed by atoms with Crippen LogP contribution in [-0.2, 0) is 9.53 Å². The van der Waals surface area contributed by atoms with E-state index in [1.807, 2.05) is 11.9 Å². The molecule has 1 saturated heterocycles. The average molecular weight is 285 g/mol. The molecule has 5 nitrogen and oxygen atoms in total. The molecule has 0 atom stereocenters. The van der Waals surface area contributed by atoms with Crippen molar-refractivity contribution in [2.24, 2.45) is 0 Å². The van der Waals surface area contributed by atoms with Crippen molar-refractivity contribution in [3.63, 3.8) is 0 Å². The van der Waals surface area contributed by atoms with Crippen molar-refractivity contribution in [2.45, 2.75) is 39.2 Å². The zero-order valence-electron chi connectivity index (χ0n) is 13.4. The van der Waals surface area contributed by atoms with Gasteiger partial charge in [-0.3, -0.25) is 4.79 Å². The van der Waals surface area contributed by atoms with E-state index in [0.717, 1.165) is 58.7 Å². The lowest BCUT2D eigenvalue weighted by molar-refractivity contribution is -0.133. The Hall–Kier alpha value is -0.650. The van der Waals surface area contributed by atoms with Crippen LogP contribution in [0.25, 0.3) is 0 Å². The van der Waals surface area contributed by atoms with Crippen molar-refractivity contribution < 1.29 is 9.53 Å². The Morgan fingerprint density at radius 1 is 1.30 bits per heavy atom. The largest absolute Gasteiger partial charge is 0.377 e. The van der Waals surface area contributed by atoms with Gasteiger partial charge in [-0.2, -0.15) is 0 Å². The second kappa shape index (κ2) is 10.1. The highest BCUT2D eigenvalue weighted by Crippen LogP contribution is 2.14. The molecule has 0 aromatic rings. The third-order valence-electron chi connectivity index (χ3n) is 4.04. The minimum absolute atomic E-state index is 0.265. The third-order valence-corrected chi connectivity index (χ3v) is 4.04. The van der Waals surface area contributed by atoms with Crippen LogP contribution in [0.4, 0.5) is 0 Å². The maximum absolute atomic E-state index is 11.9. The van der Waals surface area contributed by atoms with Crippen LogP contribution in [-0.4, -0.2) is 74.7 Å². The first-order valence-corrected chi connectivity index (χ1v) is 7.97. The summed E-state index contributed by atoms with van der Waals surface area (Å²) in [6, 6.07) is 0. The molecule has 0 bridgehead atoms. The summed E-state index contributed by atoms with van der Waals surface area (Å²) in [4.78, 5) is 16.2. The molecular weight excluding hydrogens is 254 g/mol. The fraction of sp³-hybridized carbons (Fsp3) is 0.933. The van der Waals surface area contributed by atoms with E-state index < -0.39 is 0 Å². The van der Waals surface area contributed by atoms with Gasteiger partial charge >= 0.3 is 0 Å². The maximum Gasteiger partial charge on any atom is 0.223 e. The first-order valence-electron chi connectivity index (χ1n) is 7.97. The lowest BCUT2D eigenvalue weighted by Crippen LogP contribution is -2.42. The molecule has 0 saturated carbocycles. The van der Waals surface area contributed by atoms with E-state index in [4.69, 9.17) is 4.74 Å². The third kappa shape index (κ3) is 6.20. The molecule has 0 unspecified atom stereocenters. The van der Waals surface area contributed by atoms with Crippen LogP contribution in [0.5, 0.6) is 0 Å². The van der Waals surface area contributed by atoms with Gasteiger partial charge in [0.25, 0.3) is 0 Å². The van der Waals surface area contributed by atoms with E-state index in [9.17, 15) is 4.79 Å². The first-order chi connectivity index (χ1) is 9.71.